The van der Waals surface area contributed by atoms with Crippen LogP contribution in [0.3, 0.4) is 0 Å². The van der Waals surface area contributed by atoms with Gasteiger partial charge in [0.1, 0.15) is 18.3 Å². The Morgan fingerprint density at radius 1 is 1.24 bits per heavy atom. The molecule has 1 saturated carbocycles. The molecule has 8 atom stereocenters. The molecule has 1 saturated heterocycles. The molecular formula is C31H40NO10-. The highest BCUT2D eigenvalue weighted by atomic mass is 16.7. The van der Waals surface area contributed by atoms with Crippen molar-refractivity contribution in [2.45, 2.75) is 88.2 Å². The van der Waals surface area contributed by atoms with Gasteiger partial charge in [0.25, 0.3) is 0 Å². The number of carbonyl (C=O) groups excluding carboxylic acids is 1. The molecule has 5 rings (SSSR count). The highest BCUT2D eigenvalue weighted by molar-refractivity contribution is 5.90. The minimum Gasteiger partial charge on any atom is -0.658 e. The number of esters is 1. The van der Waals surface area contributed by atoms with Crippen LogP contribution in [0.15, 0.2) is 30.4 Å². The number of aromatic nitrogens is 1. The SMILES string of the molecule is C=CC1C(CC(=O)O)C(C(=O)OC)=CC2(CCCC2)C1OC1OC(CO)C2(C=c3cc(C(C)C)[n-]c3=CO2)C(O)C1O. The quantitative estimate of drug-likeness (QED) is 0.247. The van der Waals surface area contributed by atoms with Gasteiger partial charge in [0.15, 0.2) is 11.9 Å². The van der Waals surface area contributed by atoms with Crippen molar-refractivity contribution in [3.8, 4) is 0 Å². The van der Waals surface area contributed by atoms with Gasteiger partial charge < -0.3 is 44.4 Å². The van der Waals surface area contributed by atoms with Gasteiger partial charge in [-0.1, -0.05) is 50.3 Å². The summed E-state index contributed by atoms with van der Waals surface area (Å²) in [5.74, 6) is -2.98. The first-order valence-corrected chi connectivity index (χ1v) is 14.5. The molecule has 1 aromatic rings. The number of fused-ring (bicyclic) bond motifs is 1. The molecule has 4 N–H and O–H groups in total. The Balaban J connectivity index is 1.50. The second-order valence-corrected chi connectivity index (χ2v) is 12.1. The molecule has 0 radical (unpaired) electrons. The van der Waals surface area contributed by atoms with E-state index in [1.54, 1.807) is 18.2 Å². The van der Waals surface area contributed by atoms with Crippen molar-refractivity contribution in [3.05, 3.63) is 46.6 Å². The number of carboxylic acid groups (broad SMARTS) is 1. The number of hydrogen-bond acceptors (Lipinski definition) is 9. The predicted molar refractivity (Wildman–Crippen MR) is 149 cm³/mol. The summed E-state index contributed by atoms with van der Waals surface area (Å²) in [5.41, 5.74) is -1.18. The van der Waals surface area contributed by atoms with Crippen LogP contribution >= 0.6 is 0 Å². The normalized spacial score (nSPS) is 35.1. The van der Waals surface area contributed by atoms with Crippen LogP contribution in [0.1, 0.15) is 57.6 Å². The lowest BCUT2D eigenvalue weighted by Gasteiger charge is -2.52. The van der Waals surface area contributed by atoms with Gasteiger partial charge in [-0.05, 0) is 30.1 Å². The van der Waals surface area contributed by atoms with E-state index >= 15 is 0 Å². The van der Waals surface area contributed by atoms with Crippen molar-refractivity contribution in [2.75, 3.05) is 13.7 Å². The van der Waals surface area contributed by atoms with E-state index in [4.69, 9.17) is 18.9 Å². The summed E-state index contributed by atoms with van der Waals surface area (Å²) in [6.07, 6.45) is 2.63. The number of rotatable bonds is 8. The van der Waals surface area contributed by atoms with Gasteiger partial charge in [0, 0.05) is 22.8 Å². The Kier molecular flexibility index (Phi) is 8.43. The number of carbonyl (C=O) groups is 2. The maximum Gasteiger partial charge on any atom is 0.333 e. The minimum absolute atomic E-state index is 0.160. The van der Waals surface area contributed by atoms with Crippen LogP contribution in [0.2, 0.25) is 0 Å². The molecule has 0 aromatic carbocycles. The number of methoxy groups -OCH3 is 1. The summed E-state index contributed by atoms with van der Waals surface area (Å²) in [5, 5.41) is 44.3. The summed E-state index contributed by atoms with van der Waals surface area (Å²) < 4.78 is 23.6. The highest BCUT2D eigenvalue weighted by Gasteiger charge is 2.59. The number of nitrogens with zero attached hydrogens (tertiary/aromatic N) is 1. The van der Waals surface area contributed by atoms with E-state index in [9.17, 15) is 30.0 Å². The Morgan fingerprint density at radius 2 is 1.95 bits per heavy atom. The summed E-state index contributed by atoms with van der Waals surface area (Å²) in [4.78, 5) is 29.2. The van der Waals surface area contributed by atoms with E-state index < -0.39 is 72.1 Å². The van der Waals surface area contributed by atoms with Crippen LogP contribution < -0.4 is 15.6 Å². The molecule has 0 bridgehead atoms. The van der Waals surface area contributed by atoms with Crippen LogP contribution in [0.25, 0.3) is 12.3 Å². The first-order valence-electron chi connectivity index (χ1n) is 14.5. The fourth-order valence-electron chi connectivity index (χ4n) is 7.17. The third kappa shape index (κ3) is 5.01. The van der Waals surface area contributed by atoms with Crippen molar-refractivity contribution >= 4 is 24.3 Å². The number of aliphatic hydroxyl groups excluding tert-OH is 3. The van der Waals surface area contributed by atoms with E-state index in [2.05, 4.69) is 11.6 Å². The smallest absolute Gasteiger partial charge is 0.333 e. The van der Waals surface area contributed by atoms with Crippen LogP contribution in [-0.4, -0.2) is 82.4 Å². The van der Waals surface area contributed by atoms with Crippen molar-refractivity contribution in [2.24, 2.45) is 17.3 Å². The van der Waals surface area contributed by atoms with E-state index in [1.165, 1.54) is 13.4 Å². The molecule has 2 aliphatic carbocycles. The summed E-state index contributed by atoms with van der Waals surface area (Å²) in [7, 11) is 1.26. The van der Waals surface area contributed by atoms with Crippen molar-refractivity contribution in [1.29, 1.82) is 0 Å². The average molecular weight is 587 g/mol. The molecule has 11 heteroatoms. The van der Waals surface area contributed by atoms with Gasteiger partial charge in [0.05, 0.1) is 32.5 Å². The first kappa shape index (κ1) is 30.5. The second kappa shape index (κ2) is 11.6. The van der Waals surface area contributed by atoms with Crippen LogP contribution in [0, 0.1) is 17.3 Å². The summed E-state index contributed by atoms with van der Waals surface area (Å²) in [6.45, 7) is 7.41. The molecule has 0 amide bonds. The average Bonchev–Trinajstić information content (AvgIpc) is 3.61. The van der Waals surface area contributed by atoms with Crippen LogP contribution in [0.4, 0.5) is 0 Å². The predicted octanol–water partition coefficient (Wildman–Crippen LogP) is 0.445. The van der Waals surface area contributed by atoms with Gasteiger partial charge >= 0.3 is 11.9 Å². The number of ether oxygens (including phenoxy) is 4. The second-order valence-electron chi connectivity index (χ2n) is 12.1. The van der Waals surface area contributed by atoms with Crippen molar-refractivity contribution in [1.82, 2.24) is 4.98 Å². The van der Waals surface area contributed by atoms with Gasteiger partial charge in [-0.3, -0.25) is 4.79 Å². The molecule has 11 nitrogen and oxygen atoms in total. The van der Waals surface area contributed by atoms with E-state index in [1.807, 2.05) is 19.9 Å². The molecule has 230 valence electrons. The van der Waals surface area contributed by atoms with Crippen LogP contribution in [-0.2, 0) is 28.5 Å². The lowest BCUT2D eigenvalue weighted by molar-refractivity contribution is -0.333. The number of aliphatic hydroxyl groups is 3. The molecule has 42 heavy (non-hydrogen) atoms. The van der Waals surface area contributed by atoms with Gasteiger partial charge in [-0.15, -0.1) is 6.58 Å². The van der Waals surface area contributed by atoms with Gasteiger partial charge in [-0.25, -0.2) is 4.79 Å². The summed E-state index contributed by atoms with van der Waals surface area (Å²) in [6, 6.07) is 1.88. The number of aliphatic carboxylic acids is 1. The standard InChI is InChI=1S/C31H40NO10/c1-5-18-19(11-24(34)35)20(28(38)39-4)13-30(8-6-7-9-30)27(18)42-29-25(36)26(37)31(23(14-33)41-29)12-17-10-21(16(2)3)32-22(17)15-40-31/h5,10,12-13,15-16,18-19,23,25-27,29,33,36-37H,1,6-9,11,14H2,2-4H3,(H,34,35)/q-1. The molecule has 2 aliphatic heterocycles. The molecule has 4 aliphatic rings. The Bertz CT molecular complexity index is 1350. The maximum absolute atomic E-state index is 12.8. The highest BCUT2D eigenvalue weighted by Crippen LogP contribution is 2.54. The molecule has 8 unspecified atom stereocenters. The third-order valence-electron chi connectivity index (χ3n) is 9.35. The largest absolute Gasteiger partial charge is 0.658 e. The molecular weight excluding hydrogens is 546 g/mol. The van der Waals surface area contributed by atoms with E-state index in [-0.39, 0.29) is 17.9 Å². The molecule has 1 aromatic heterocycles. The lowest BCUT2D eigenvalue weighted by atomic mass is 9.62. The van der Waals surface area contributed by atoms with Crippen molar-refractivity contribution < 1.29 is 49.0 Å². The molecule has 3 heterocycles. The van der Waals surface area contributed by atoms with Gasteiger partial charge in [0.2, 0.25) is 0 Å². The van der Waals surface area contributed by atoms with Crippen LogP contribution in [0.5, 0.6) is 0 Å². The Labute approximate surface area is 244 Å². The summed E-state index contributed by atoms with van der Waals surface area (Å²) >= 11 is 0. The monoisotopic (exact) mass is 586 g/mol. The zero-order valence-corrected chi connectivity index (χ0v) is 24.1. The minimum atomic E-state index is -1.61. The van der Waals surface area contributed by atoms with Crippen molar-refractivity contribution in [3.63, 3.8) is 0 Å². The maximum atomic E-state index is 12.8. The molecule has 2 spiro atoms. The fraction of sp³-hybridized carbons (Fsp3) is 0.613. The Morgan fingerprint density at radius 3 is 2.55 bits per heavy atom. The first-order chi connectivity index (χ1) is 20.0. The van der Waals surface area contributed by atoms with E-state index in [0.29, 0.717) is 23.4 Å². The topological polar surface area (TPSA) is 166 Å². The third-order valence-corrected chi connectivity index (χ3v) is 9.35. The fourth-order valence-corrected chi connectivity index (χ4v) is 7.17. The number of carboxylic acids is 1. The zero-order valence-electron chi connectivity index (χ0n) is 24.1. The van der Waals surface area contributed by atoms with Gasteiger partial charge in [-0.2, -0.15) is 5.69 Å². The van der Waals surface area contributed by atoms with E-state index in [0.717, 1.165) is 18.5 Å². The molecule has 2 fully saturated rings. The number of hydrogen-bond donors (Lipinski definition) is 4. The zero-order chi connectivity index (χ0) is 30.4. The lowest BCUT2D eigenvalue weighted by Crippen LogP contribution is -2.69. The Hall–Kier alpha value is -2.96.